The molecule has 0 spiro atoms. The first-order chi connectivity index (χ1) is 8.20. The van der Waals surface area contributed by atoms with Crippen LogP contribution in [0.2, 0.25) is 0 Å². The number of carbonyl (C=O) groups excluding carboxylic acids is 1. The molecule has 0 aliphatic heterocycles. The zero-order valence-corrected chi connectivity index (χ0v) is 12.2. The molecule has 0 saturated carbocycles. The van der Waals surface area contributed by atoms with E-state index in [1.165, 1.54) is 0 Å². The molecule has 1 amide bonds. The number of carbonyl (C=O) groups is 1. The Morgan fingerprint density at radius 1 is 1.18 bits per heavy atom. The number of anilines is 2. The lowest BCUT2D eigenvalue weighted by Crippen LogP contribution is -2.16. The smallest absolute Gasteiger partial charge is 0.213 e. The van der Waals surface area contributed by atoms with Crippen molar-refractivity contribution in [3.63, 3.8) is 0 Å². The highest BCUT2D eigenvalue weighted by Gasteiger charge is 2.07. The molecule has 1 N–H and O–H groups in total. The van der Waals surface area contributed by atoms with E-state index in [-0.39, 0.29) is 0 Å². The second-order valence-corrected chi connectivity index (χ2v) is 2.94. The van der Waals surface area contributed by atoms with Crippen molar-refractivity contribution in [1.29, 1.82) is 0 Å². The zero-order valence-electron chi connectivity index (χ0n) is 12.2. The van der Waals surface area contributed by atoms with Gasteiger partial charge in [-0.25, -0.2) is 0 Å². The summed E-state index contributed by atoms with van der Waals surface area (Å²) in [5, 5.41) is 3.05. The average Bonchev–Trinajstić information content (AvgIpc) is 2.42. The van der Waals surface area contributed by atoms with Crippen molar-refractivity contribution >= 4 is 17.8 Å². The van der Waals surface area contributed by atoms with Gasteiger partial charge in [0.1, 0.15) is 0 Å². The van der Waals surface area contributed by atoms with Crippen molar-refractivity contribution in [2.75, 3.05) is 24.3 Å². The summed E-state index contributed by atoms with van der Waals surface area (Å²) in [7, 11) is 3.59. The number of aryl methyl sites for hydroxylation is 1. The minimum atomic E-state index is 0.809. The number of nitrogens with zero attached hydrogens (tertiary/aromatic N) is 1. The van der Waals surface area contributed by atoms with E-state index in [2.05, 4.69) is 5.32 Å². The minimum absolute atomic E-state index is 0.809. The van der Waals surface area contributed by atoms with Crippen LogP contribution < -0.4 is 10.2 Å². The summed E-state index contributed by atoms with van der Waals surface area (Å²) in [5.74, 6) is 0. The fraction of sp³-hybridized carbons (Fsp3) is 0.500. The molecule has 0 atom stereocenters. The molecule has 0 heterocycles. The third kappa shape index (κ3) is 5.38. The Morgan fingerprint density at radius 3 is 2.12 bits per heavy atom. The van der Waals surface area contributed by atoms with Crippen LogP contribution in [0.5, 0.6) is 0 Å². The lowest BCUT2D eigenvalue weighted by Gasteiger charge is -2.18. The van der Waals surface area contributed by atoms with Gasteiger partial charge in [-0.15, -0.1) is 0 Å². The van der Waals surface area contributed by atoms with Gasteiger partial charge in [0.2, 0.25) is 6.41 Å². The molecule has 0 bridgehead atoms. The highest BCUT2D eigenvalue weighted by atomic mass is 16.1. The lowest BCUT2D eigenvalue weighted by molar-refractivity contribution is -0.107. The molecule has 0 unspecified atom stereocenters. The summed E-state index contributed by atoms with van der Waals surface area (Å²) >= 11 is 0. The van der Waals surface area contributed by atoms with E-state index in [4.69, 9.17) is 0 Å². The minimum Gasteiger partial charge on any atom is -0.386 e. The lowest BCUT2D eigenvalue weighted by atomic mass is 10.1. The van der Waals surface area contributed by atoms with Crippen molar-refractivity contribution in [3.05, 3.63) is 23.8 Å². The normalized spacial score (nSPS) is 7.94. The molecular weight excluding hydrogens is 212 g/mol. The third-order valence-corrected chi connectivity index (χ3v) is 2.02. The number of hydrogen-bond acceptors (Lipinski definition) is 2. The third-order valence-electron chi connectivity index (χ3n) is 2.02. The molecule has 0 saturated heterocycles. The fourth-order valence-electron chi connectivity index (χ4n) is 1.38. The Kier molecular flexibility index (Phi) is 11.6. The zero-order chi connectivity index (χ0) is 13.8. The van der Waals surface area contributed by atoms with E-state index < -0.39 is 0 Å². The van der Waals surface area contributed by atoms with E-state index in [9.17, 15) is 4.79 Å². The molecule has 3 heteroatoms. The Morgan fingerprint density at radius 2 is 1.71 bits per heavy atom. The molecule has 3 nitrogen and oxygen atoms in total. The number of para-hydroxylation sites is 1. The first-order valence-electron chi connectivity index (χ1n) is 6.16. The Hall–Kier alpha value is -1.51. The van der Waals surface area contributed by atoms with Gasteiger partial charge in [-0.2, -0.15) is 0 Å². The molecule has 17 heavy (non-hydrogen) atoms. The summed E-state index contributed by atoms with van der Waals surface area (Å²) in [6.45, 7) is 9.98. The van der Waals surface area contributed by atoms with Crippen molar-refractivity contribution in [1.82, 2.24) is 0 Å². The number of rotatable bonds is 3. The van der Waals surface area contributed by atoms with Crippen LogP contribution in [0.15, 0.2) is 18.2 Å². The molecule has 0 fully saturated rings. The summed E-state index contributed by atoms with van der Waals surface area (Å²) < 4.78 is 0. The maximum Gasteiger partial charge on any atom is 0.213 e. The van der Waals surface area contributed by atoms with Gasteiger partial charge >= 0.3 is 0 Å². The van der Waals surface area contributed by atoms with Crippen LogP contribution in [0.3, 0.4) is 0 Å². The molecule has 0 aliphatic rings. The second-order valence-electron chi connectivity index (χ2n) is 2.94. The first kappa shape index (κ1) is 17.9. The average molecular weight is 238 g/mol. The predicted molar refractivity (Wildman–Crippen MR) is 77.9 cm³/mol. The summed E-state index contributed by atoms with van der Waals surface area (Å²) in [4.78, 5) is 12.2. The van der Waals surface area contributed by atoms with Crippen LogP contribution in [0.4, 0.5) is 11.4 Å². The maximum atomic E-state index is 10.6. The summed E-state index contributed by atoms with van der Waals surface area (Å²) in [6.07, 6.45) is 0.809. The molecule has 1 aromatic carbocycles. The molecule has 0 aromatic heterocycles. The van der Waals surface area contributed by atoms with E-state index in [0.717, 1.165) is 23.3 Å². The first-order valence-corrected chi connectivity index (χ1v) is 6.16. The highest BCUT2D eigenvalue weighted by Crippen LogP contribution is 2.27. The van der Waals surface area contributed by atoms with Gasteiger partial charge in [-0.1, -0.05) is 39.8 Å². The van der Waals surface area contributed by atoms with Crippen molar-refractivity contribution in [2.45, 2.75) is 34.6 Å². The van der Waals surface area contributed by atoms with E-state index >= 15 is 0 Å². The van der Waals surface area contributed by atoms with Crippen LogP contribution in [0.25, 0.3) is 0 Å². The van der Waals surface area contributed by atoms with Crippen molar-refractivity contribution in [2.24, 2.45) is 0 Å². The van der Waals surface area contributed by atoms with Crippen LogP contribution in [-0.2, 0) is 4.79 Å². The van der Waals surface area contributed by atoms with E-state index in [1.807, 2.05) is 59.9 Å². The van der Waals surface area contributed by atoms with Gasteiger partial charge in [-0.3, -0.25) is 4.79 Å². The molecular formula is C14H26N2O. The van der Waals surface area contributed by atoms with Gasteiger partial charge < -0.3 is 10.2 Å². The quantitative estimate of drug-likeness (QED) is 0.815. The molecule has 1 rings (SSSR count). The fourth-order valence-corrected chi connectivity index (χ4v) is 1.38. The van der Waals surface area contributed by atoms with Gasteiger partial charge in [-0.05, 0) is 18.6 Å². The van der Waals surface area contributed by atoms with Crippen LogP contribution in [-0.4, -0.2) is 20.5 Å². The number of amides is 1. The van der Waals surface area contributed by atoms with E-state index in [0.29, 0.717) is 0 Å². The number of hydrogen-bond donors (Lipinski definition) is 1. The Labute approximate surface area is 106 Å². The largest absolute Gasteiger partial charge is 0.386 e. The number of benzene rings is 1. The van der Waals surface area contributed by atoms with Crippen LogP contribution in [0, 0.1) is 6.92 Å². The van der Waals surface area contributed by atoms with Crippen molar-refractivity contribution in [3.8, 4) is 0 Å². The standard InChI is InChI=1S/C10H14N2O.2C2H6/c1-8-5-4-6-9(11-2)10(8)12(3)7-13;2*1-2/h4-7,11H,1-3H3;2*1-2H3. The van der Waals surface area contributed by atoms with Gasteiger partial charge in [0.05, 0.1) is 11.4 Å². The maximum absolute atomic E-state index is 10.6. The summed E-state index contributed by atoms with van der Waals surface area (Å²) in [5.41, 5.74) is 2.98. The molecule has 1 aromatic rings. The Bertz CT molecular complexity index is 311. The SMILES string of the molecule is CC.CC.CNc1cccc(C)c1N(C)C=O. The predicted octanol–water partition coefficient (Wildman–Crippen LogP) is 3.68. The van der Waals surface area contributed by atoms with Gasteiger partial charge in [0.25, 0.3) is 0 Å². The summed E-state index contributed by atoms with van der Waals surface area (Å²) in [6, 6.07) is 5.89. The topological polar surface area (TPSA) is 32.3 Å². The Balaban J connectivity index is 0. The monoisotopic (exact) mass is 238 g/mol. The van der Waals surface area contributed by atoms with Crippen LogP contribution >= 0.6 is 0 Å². The second kappa shape index (κ2) is 11.0. The molecule has 0 radical (unpaired) electrons. The van der Waals surface area contributed by atoms with Crippen molar-refractivity contribution < 1.29 is 4.79 Å². The molecule has 98 valence electrons. The van der Waals surface area contributed by atoms with Crippen LogP contribution in [0.1, 0.15) is 33.3 Å². The van der Waals surface area contributed by atoms with Gasteiger partial charge in [0.15, 0.2) is 0 Å². The van der Waals surface area contributed by atoms with E-state index in [1.54, 1.807) is 11.9 Å². The molecule has 0 aliphatic carbocycles. The highest BCUT2D eigenvalue weighted by molar-refractivity contribution is 5.84. The number of nitrogens with one attached hydrogen (secondary N) is 1. The van der Waals surface area contributed by atoms with Gasteiger partial charge in [0, 0.05) is 14.1 Å².